The van der Waals surface area contributed by atoms with Crippen LogP contribution in [0.1, 0.15) is 50.6 Å². The minimum atomic E-state index is -0.875. The molecule has 3 aromatic carbocycles. The van der Waals surface area contributed by atoms with E-state index in [1.165, 1.54) is 30.3 Å². The summed E-state index contributed by atoms with van der Waals surface area (Å²) in [6, 6.07) is 16.6. The molecular formula is C32H35FN2O5. The van der Waals surface area contributed by atoms with E-state index in [0.717, 1.165) is 0 Å². The fourth-order valence-corrected chi connectivity index (χ4v) is 5.62. The molecule has 1 aliphatic heterocycles. The van der Waals surface area contributed by atoms with E-state index in [2.05, 4.69) is 0 Å². The molecule has 7 nitrogen and oxygen atoms in total. The van der Waals surface area contributed by atoms with Gasteiger partial charge in [0.2, 0.25) is 5.91 Å². The van der Waals surface area contributed by atoms with Gasteiger partial charge in [-0.05, 0) is 75.4 Å². The predicted octanol–water partition coefficient (Wildman–Crippen LogP) is 4.81. The molecule has 0 bridgehead atoms. The lowest BCUT2D eigenvalue weighted by atomic mass is 9.67. The number of Topliss-reactive ketones (excluding diaryl/α,β-unsaturated/α-hetero) is 2. The van der Waals surface area contributed by atoms with Crippen LogP contribution in [0.4, 0.5) is 4.39 Å². The van der Waals surface area contributed by atoms with E-state index in [9.17, 15) is 29.0 Å². The molecule has 2 atom stereocenters. The molecule has 40 heavy (non-hydrogen) atoms. The average molecular weight is 547 g/mol. The number of hydrogen-bond donors (Lipinski definition) is 2. The maximum absolute atomic E-state index is 14.8. The summed E-state index contributed by atoms with van der Waals surface area (Å²) in [5, 5.41) is 20.1. The average Bonchev–Trinajstić information content (AvgIpc) is 2.93. The van der Waals surface area contributed by atoms with Crippen molar-refractivity contribution in [2.45, 2.75) is 25.7 Å². The first-order valence-corrected chi connectivity index (χ1v) is 13.4. The van der Waals surface area contributed by atoms with Crippen LogP contribution in [-0.4, -0.2) is 71.2 Å². The molecule has 1 fully saturated rings. The molecule has 0 radical (unpaired) electrons. The number of aromatic hydroxyl groups is 2. The highest BCUT2D eigenvalue weighted by atomic mass is 19.1. The second kappa shape index (κ2) is 12.4. The van der Waals surface area contributed by atoms with E-state index in [1.54, 1.807) is 48.2 Å². The first-order valence-electron chi connectivity index (χ1n) is 13.4. The number of benzene rings is 3. The van der Waals surface area contributed by atoms with Crippen molar-refractivity contribution in [3.63, 3.8) is 0 Å². The van der Waals surface area contributed by atoms with E-state index in [-0.39, 0.29) is 59.6 Å². The van der Waals surface area contributed by atoms with Gasteiger partial charge in [0.25, 0.3) is 0 Å². The summed E-state index contributed by atoms with van der Waals surface area (Å²) in [7, 11) is 3.84. The van der Waals surface area contributed by atoms with Gasteiger partial charge in [0.15, 0.2) is 11.6 Å². The molecule has 0 saturated carbocycles. The largest absolute Gasteiger partial charge is 0.508 e. The topological polar surface area (TPSA) is 98.2 Å². The summed E-state index contributed by atoms with van der Waals surface area (Å²) in [6.45, 7) is 2.44. The Labute approximate surface area is 233 Å². The zero-order valence-electron chi connectivity index (χ0n) is 23.0. The van der Waals surface area contributed by atoms with Gasteiger partial charge in [0, 0.05) is 48.4 Å². The summed E-state index contributed by atoms with van der Waals surface area (Å²) in [6.07, 6.45) is 0.868. The molecule has 4 rings (SSSR count). The van der Waals surface area contributed by atoms with Gasteiger partial charge in [-0.1, -0.05) is 36.4 Å². The number of piperidine rings is 1. The zero-order valence-corrected chi connectivity index (χ0v) is 23.0. The number of nitrogens with zero attached hydrogens (tertiary/aromatic N) is 2. The summed E-state index contributed by atoms with van der Waals surface area (Å²) in [5.41, 5.74) is 1.35. The second-order valence-corrected chi connectivity index (χ2v) is 10.7. The van der Waals surface area contributed by atoms with Crippen LogP contribution in [0.5, 0.6) is 11.5 Å². The Kier molecular flexibility index (Phi) is 9.00. The quantitative estimate of drug-likeness (QED) is 0.374. The molecule has 0 aromatic heterocycles. The highest BCUT2D eigenvalue weighted by molar-refractivity contribution is 6.03. The smallest absolute Gasteiger partial charge is 0.222 e. The zero-order chi connectivity index (χ0) is 29.0. The summed E-state index contributed by atoms with van der Waals surface area (Å²) >= 11 is 0. The molecule has 1 heterocycles. The van der Waals surface area contributed by atoms with Crippen LogP contribution in [0.25, 0.3) is 0 Å². The van der Waals surface area contributed by atoms with Crippen molar-refractivity contribution >= 4 is 17.5 Å². The monoisotopic (exact) mass is 546 g/mol. The lowest BCUT2D eigenvalue weighted by molar-refractivity contribution is -0.133. The molecule has 8 heteroatoms. The number of carbonyl (C=O) groups is 3. The van der Waals surface area contributed by atoms with Gasteiger partial charge in [-0.15, -0.1) is 0 Å². The highest BCUT2D eigenvalue weighted by Gasteiger charge is 2.46. The minimum Gasteiger partial charge on any atom is -0.508 e. The van der Waals surface area contributed by atoms with Gasteiger partial charge in [-0.3, -0.25) is 14.4 Å². The molecule has 1 aliphatic rings. The fraction of sp³-hybridized carbons (Fsp3) is 0.344. The van der Waals surface area contributed by atoms with E-state index >= 15 is 0 Å². The van der Waals surface area contributed by atoms with Crippen molar-refractivity contribution < 1.29 is 29.0 Å². The van der Waals surface area contributed by atoms with Crippen LogP contribution >= 0.6 is 0 Å². The number of hydrogen-bond acceptors (Lipinski definition) is 6. The Balaban J connectivity index is 1.83. The van der Waals surface area contributed by atoms with Crippen LogP contribution < -0.4 is 0 Å². The number of likely N-dealkylation sites (tertiary alicyclic amines) is 1. The van der Waals surface area contributed by atoms with Gasteiger partial charge in [-0.2, -0.15) is 0 Å². The molecule has 1 saturated heterocycles. The van der Waals surface area contributed by atoms with Gasteiger partial charge in [0.1, 0.15) is 17.3 Å². The first-order chi connectivity index (χ1) is 19.1. The Bertz CT molecular complexity index is 1340. The van der Waals surface area contributed by atoms with E-state index in [1.807, 2.05) is 19.0 Å². The van der Waals surface area contributed by atoms with Crippen molar-refractivity contribution in [2.24, 2.45) is 11.8 Å². The van der Waals surface area contributed by atoms with Gasteiger partial charge in [0.05, 0.1) is 0 Å². The Morgan fingerprint density at radius 2 is 1.40 bits per heavy atom. The third kappa shape index (κ3) is 6.39. The third-order valence-corrected chi connectivity index (χ3v) is 7.65. The third-order valence-electron chi connectivity index (χ3n) is 7.65. The summed E-state index contributed by atoms with van der Waals surface area (Å²) < 4.78 is 14.8. The number of halogens is 1. The Morgan fingerprint density at radius 3 is 1.90 bits per heavy atom. The van der Waals surface area contributed by atoms with Crippen LogP contribution in [0.15, 0.2) is 66.7 Å². The lowest BCUT2D eigenvalue weighted by Gasteiger charge is -2.43. The number of amides is 1. The van der Waals surface area contributed by atoms with Crippen LogP contribution in [0.2, 0.25) is 0 Å². The first kappa shape index (κ1) is 29.0. The Hall–Kier alpha value is -4.04. The fourth-order valence-electron chi connectivity index (χ4n) is 5.62. The van der Waals surface area contributed by atoms with E-state index in [0.29, 0.717) is 24.1 Å². The molecule has 2 N–H and O–H groups in total. The minimum absolute atomic E-state index is 0.0553. The molecule has 2 unspecified atom stereocenters. The van der Waals surface area contributed by atoms with Gasteiger partial charge in [-0.25, -0.2) is 4.39 Å². The number of carbonyl (C=O) groups excluding carboxylic acids is 3. The van der Waals surface area contributed by atoms with Crippen LogP contribution in [0, 0.1) is 24.6 Å². The molecule has 1 amide bonds. The number of rotatable bonds is 9. The standard InChI is InChI=1S/C32H35FN2O5/c1-20-25(12-6-13-28(20)33)30-26(31(39)21-8-4-10-23(36)16-21)18-35(29(38)14-7-15-34(2)3)19-27(30)32(40)22-9-5-11-24(37)17-22/h4-6,8-13,16-17,26-27,30,36-37H,7,14-15,18-19H2,1-3H3. The number of ketones is 2. The Morgan fingerprint density at radius 1 is 0.875 bits per heavy atom. The second-order valence-electron chi connectivity index (χ2n) is 10.7. The number of phenols is 2. The highest BCUT2D eigenvalue weighted by Crippen LogP contribution is 2.43. The predicted molar refractivity (Wildman–Crippen MR) is 150 cm³/mol. The maximum Gasteiger partial charge on any atom is 0.222 e. The summed E-state index contributed by atoms with van der Waals surface area (Å²) in [5.74, 6) is -3.96. The molecule has 210 valence electrons. The van der Waals surface area contributed by atoms with Crippen molar-refractivity contribution in [2.75, 3.05) is 33.7 Å². The van der Waals surface area contributed by atoms with Crippen molar-refractivity contribution in [1.82, 2.24) is 9.80 Å². The number of phenolic OH excluding ortho intramolecular Hbond substituents is 2. The molecule has 3 aromatic rings. The molecule has 0 spiro atoms. The van der Waals surface area contributed by atoms with Crippen molar-refractivity contribution in [3.05, 3.63) is 94.8 Å². The van der Waals surface area contributed by atoms with E-state index in [4.69, 9.17) is 0 Å². The lowest BCUT2D eigenvalue weighted by Crippen LogP contribution is -2.52. The van der Waals surface area contributed by atoms with Crippen LogP contribution in [-0.2, 0) is 4.79 Å². The SMILES string of the molecule is Cc1c(F)cccc1C1C(C(=O)c2cccc(O)c2)CN(C(=O)CCCN(C)C)CC1C(=O)c1cccc(O)c1. The summed E-state index contributed by atoms with van der Waals surface area (Å²) in [4.78, 5) is 45.1. The van der Waals surface area contributed by atoms with Crippen molar-refractivity contribution in [1.29, 1.82) is 0 Å². The molecule has 0 aliphatic carbocycles. The van der Waals surface area contributed by atoms with Crippen molar-refractivity contribution in [3.8, 4) is 11.5 Å². The van der Waals surface area contributed by atoms with E-state index < -0.39 is 23.6 Å². The normalized spacial score (nSPS) is 19.0. The maximum atomic E-state index is 14.8. The van der Waals surface area contributed by atoms with Gasteiger partial charge < -0.3 is 20.0 Å². The van der Waals surface area contributed by atoms with Crippen LogP contribution in [0.3, 0.4) is 0 Å². The van der Waals surface area contributed by atoms with Gasteiger partial charge >= 0.3 is 0 Å². The molecular weight excluding hydrogens is 511 g/mol.